The van der Waals surface area contributed by atoms with Gasteiger partial charge in [-0.05, 0) is 43.4 Å². The summed E-state index contributed by atoms with van der Waals surface area (Å²) in [4.78, 5) is 18.8. The molecule has 0 spiro atoms. The fraction of sp³-hybridized carbons (Fsp3) is 1.00. The van der Waals surface area contributed by atoms with Crippen molar-refractivity contribution in [3.05, 3.63) is 0 Å². The van der Waals surface area contributed by atoms with Crippen LogP contribution in [-0.4, -0.2) is 15.4 Å². The minimum atomic E-state index is -4.46. The molecule has 4 atom stereocenters. The molecular formula is C17H35O4P. The lowest BCUT2D eigenvalue weighted by Crippen LogP contribution is -2.48. The molecule has 0 aromatic rings. The summed E-state index contributed by atoms with van der Waals surface area (Å²) in [5.41, 5.74) is -0.656. The second kappa shape index (κ2) is 8.82. The van der Waals surface area contributed by atoms with Gasteiger partial charge in [-0.15, -0.1) is 0 Å². The van der Waals surface area contributed by atoms with E-state index in [4.69, 9.17) is 4.52 Å². The number of hydrogen-bond donors (Lipinski definition) is 2. The Morgan fingerprint density at radius 3 is 2.41 bits per heavy atom. The van der Waals surface area contributed by atoms with E-state index in [-0.39, 0.29) is 11.8 Å². The average molecular weight is 334 g/mol. The number of phosphoric acid groups is 1. The van der Waals surface area contributed by atoms with E-state index in [0.29, 0.717) is 5.92 Å². The maximum Gasteiger partial charge on any atom is 0.470 e. The van der Waals surface area contributed by atoms with Crippen molar-refractivity contribution in [2.45, 2.75) is 91.1 Å². The predicted molar refractivity (Wildman–Crippen MR) is 90.6 cm³/mol. The monoisotopic (exact) mass is 334 g/mol. The Bertz CT molecular complexity index is 368. The SMILES string of the molecule is CCCCCCCC(C)C1(OP(=O)(O)O)CCC(C)CC1C. The molecule has 0 radical (unpaired) electrons. The van der Waals surface area contributed by atoms with Gasteiger partial charge in [0.15, 0.2) is 0 Å². The molecule has 0 saturated heterocycles. The Hall–Kier alpha value is 0.110. The van der Waals surface area contributed by atoms with E-state index in [1.54, 1.807) is 0 Å². The third kappa shape index (κ3) is 5.96. The molecule has 0 amide bonds. The van der Waals surface area contributed by atoms with Crippen molar-refractivity contribution in [3.63, 3.8) is 0 Å². The fourth-order valence-corrected chi connectivity index (χ4v) is 5.01. The van der Waals surface area contributed by atoms with Crippen molar-refractivity contribution >= 4 is 7.82 Å². The van der Waals surface area contributed by atoms with Crippen LogP contribution in [0.1, 0.15) is 85.5 Å². The second-order valence-electron chi connectivity index (χ2n) is 7.42. The Kier molecular flexibility index (Phi) is 8.08. The summed E-state index contributed by atoms with van der Waals surface area (Å²) >= 11 is 0. The average Bonchev–Trinajstić information content (AvgIpc) is 2.40. The number of hydrogen-bond acceptors (Lipinski definition) is 2. The van der Waals surface area contributed by atoms with Gasteiger partial charge in [0.2, 0.25) is 0 Å². The van der Waals surface area contributed by atoms with Crippen LogP contribution >= 0.6 is 7.82 Å². The van der Waals surface area contributed by atoms with Gasteiger partial charge in [-0.25, -0.2) is 4.57 Å². The van der Waals surface area contributed by atoms with Gasteiger partial charge in [-0.1, -0.05) is 59.8 Å². The summed E-state index contributed by atoms with van der Waals surface area (Å²) in [6, 6.07) is 0. The zero-order valence-electron chi connectivity index (χ0n) is 14.8. The largest absolute Gasteiger partial charge is 0.470 e. The van der Waals surface area contributed by atoms with Gasteiger partial charge in [0.1, 0.15) is 0 Å². The zero-order valence-corrected chi connectivity index (χ0v) is 15.6. The lowest BCUT2D eigenvalue weighted by atomic mass is 9.66. The van der Waals surface area contributed by atoms with Crippen LogP contribution in [-0.2, 0) is 9.09 Å². The van der Waals surface area contributed by atoms with E-state index in [9.17, 15) is 14.4 Å². The molecule has 1 saturated carbocycles. The Morgan fingerprint density at radius 1 is 1.23 bits per heavy atom. The first-order valence-corrected chi connectivity index (χ1v) is 10.5. The second-order valence-corrected chi connectivity index (χ2v) is 8.59. The third-order valence-electron chi connectivity index (χ3n) is 5.48. The van der Waals surface area contributed by atoms with Gasteiger partial charge in [0.05, 0.1) is 5.60 Å². The van der Waals surface area contributed by atoms with E-state index in [2.05, 4.69) is 27.7 Å². The van der Waals surface area contributed by atoms with Crippen LogP contribution in [0.4, 0.5) is 0 Å². The normalized spacial score (nSPS) is 31.2. The van der Waals surface area contributed by atoms with Crippen LogP contribution in [0.5, 0.6) is 0 Å². The third-order valence-corrected chi connectivity index (χ3v) is 6.06. The summed E-state index contributed by atoms with van der Waals surface area (Å²) in [7, 11) is -4.46. The first-order valence-electron chi connectivity index (χ1n) is 8.97. The molecule has 1 aliphatic rings. The number of rotatable bonds is 9. The molecule has 0 aliphatic heterocycles. The topological polar surface area (TPSA) is 66.8 Å². The lowest BCUT2D eigenvalue weighted by molar-refractivity contribution is -0.0885. The highest BCUT2D eigenvalue weighted by atomic mass is 31.2. The molecule has 0 heterocycles. The molecule has 0 aromatic heterocycles. The standard InChI is InChI=1S/C17H35O4P/c1-5-6-7-8-9-10-15(3)17(21-22(18,19)20)12-11-14(2)13-16(17)4/h14-16H,5-13H2,1-4H3,(H2,18,19,20). The molecular weight excluding hydrogens is 299 g/mol. The minimum Gasteiger partial charge on any atom is -0.303 e. The van der Waals surface area contributed by atoms with Crippen LogP contribution in [0.25, 0.3) is 0 Å². The van der Waals surface area contributed by atoms with Crippen molar-refractivity contribution in [3.8, 4) is 0 Å². The Morgan fingerprint density at radius 2 is 1.86 bits per heavy atom. The summed E-state index contributed by atoms with van der Waals surface area (Å²) in [5, 5.41) is 0. The van der Waals surface area contributed by atoms with E-state index in [1.807, 2.05) is 0 Å². The highest BCUT2D eigenvalue weighted by Crippen LogP contribution is 2.53. The van der Waals surface area contributed by atoms with Gasteiger partial charge in [-0.3, -0.25) is 4.52 Å². The molecule has 4 nitrogen and oxygen atoms in total. The minimum absolute atomic E-state index is 0.184. The Labute approximate surface area is 136 Å². The first kappa shape index (κ1) is 20.2. The van der Waals surface area contributed by atoms with Crippen molar-refractivity contribution in [1.29, 1.82) is 0 Å². The maximum absolute atomic E-state index is 11.5. The smallest absolute Gasteiger partial charge is 0.303 e. The molecule has 0 bridgehead atoms. The van der Waals surface area contributed by atoms with E-state index >= 15 is 0 Å². The molecule has 2 N–H and O–H groups in total. The molecule has 0 aromatic carbocycles. The van der Waals surface area contributed by atoms with Crippen molar-refractivity contribution in [2.75, 3.05) is 0 Å². The molecule has 4 unspecified atom stereocenters. The molecule has 1 fully saturated rings. The fourth-order valence-electron chi connectivity index (χ4n) is 4.12. The van der Waals surface area contributed by atoms with Crippen molar-refractivity contribution < 1.29 is 18.9 Å². The maximum atomic E-state index is 11.5. The van der Waals surface area contributed by atoms with Crippen LogP contribution in [0.3, 0.4) is 0 Å². The van der Waals surface area contributed by atoms with Crippen molar-refractivity contribution in [2.24, 2.45) is 17.8 Å². The number of phosphoric ester groups is 1. The van der Waals surface area contributed by atoms with Gasteiger partial charge in [0.25, 0.3) is 0 Å². The van der Waals surface area contributed by atoms with Gasteiger partial charge in [-0.2, -0.15) is 0 Å². The van der Waals surface area contributed by atoms with Gasteiger partial charge in [0, 0.05) is 0 Å². The molecule has 1 rings (SSSR count). The van der Waals surface area contributed by atoms with Crippen LogP contribution in [0, 0.1) is 17.8 Å². The summed E-state index contributed by atoms with van der Waals surface area (Å²) in [6.07, 6.45) is 9.80. The molecule has 132 valence electrons. The lowest BCUT2D eigenvalue weighted by Gasteiger charge is -2.48. The number of unbranched alkanes of at least 4 members (excludes halogenated alkanes) is 4. The quantitative estimate of drug-likeness (QED) is 0.444. The summed E-state index contributed by atoms with van der Waals surface area (Å²) in [5.74, 6) is 0.985. The van der Waals surface area contributed by atoms with Gasteiger partial charge < -0.3 is 9.79 Å². The molecule has 5 heteroatoms. The van der Waals surface area contributed by atoms with Crippen LogP contribution < -0.4 is 0 Å². The summed E-state index contributed by atoms with van der Waals surface area (Å²) < 4.78 is 17.0. The van der Waals surface area contributed by atoms with Gasteiger partial charge >= 0.3 is 7.82 Å². The van der Waals surface area contributed by atoms with E-state index < -0.39 is 13.4 Å². The van der Waals surface area contributed by atoms with Crippen LogP contribution in [0.2, 0.25) is 0 Å². The van der Waals surface area contributed by atoms with Crippen molar-refractivity contribution in [1.82, 2.24) is 0 Å². The van der Waals surface area contributed by atoms with E-state index in [0.717, 1.165) is 32.1 Å². The predicted octanol–water partition coefficient (Wildman–Crippen LogP) is 5.29. The zero-order chi connectivity index (χ0) is 16.8. The molecule has 22 heavy (non-hydrogen) atoms. The summed E-state index contributed by atoms with van der Waals surface area (Å²) in [6.45, 7) is 8.63. The first-order chi connectivity index (χ1) is 10.2. The highest BCUT2D eigenvalue weighted by molar-refractivity contribution is 7.46. The highest BCUT2D eigenvalue weighted by Gasteiger charge is 2.48. The molecule has 1 aliphatic carbocycles. The van der Waals surface area contributed by atoms with Crippen LogP contribution in [0.15, 0.2) is 0 Å². The Balaban J connectivity index is 2.71. The van der Waals surface area contributed by atoms with E-state index in [1.165, 1.54) is 25.7 Å².